The zero-order chi connectivity index (χ0) is 31.1. The first-order valence-electron chi connectivity index (χ1n) is 15.2. The molecule has 5 rings (SSSR count). The number of methoxy groups -OCH3 is 2. The maximum atomic E-state index is 14.1. The van der Waals surface area contributed by atoms with Crippen LogP contribution in [0.15, 0.2) is 41.6 Å². The lowest BCUT2D eigenvalue weighted by Gasteiger charge is -2.44. The van der Waals surface area contributed by atoms with Crippen LogP contribution in [0.2, 0.25) is 0 Å². The largest absolute Gasteiger partial charge is 0.497 e. The standard InChI is InChI=1S/C34H44N4O4S/c1-9-10-11-21(2)31(39)38-20-24-17-25(41-7)18-27(42-8)30(24)22(3)16-29(38)34(5)12-14-37(15-13-34)32(40)28-19-26-23(4)35-36(6)33(26)43-28/h11,16-19,22H,9-10,12-15,20H2,1-8H3. The summed E-state index contributed by atoms with van der Waals surface area (Å²) in [5, 5.41) is 5.52. The van der Waals surface area contributed by atoms with E-state index < -0.39 is 0 Å². The maximum absolute atomic E-state index is 14.1. The minimum absolute atomic E-state index is 0.0236. The van der Waals surface area contributed by atoms with Crippen molar-refractivity contribution in [1.29, 1.82) is 0 Å². The number of rotatable bonds is 7. The Morgan fingerprint density at radius 2 is 1.88 bits per heavy atom. The van der Waals surface area contributed by atoms with Gasteiger partial charge in [-0.3, -0.25) is 14.3 Å². The Labute approximate surface area is 258 Å². The Balaban J connectivity index is 1.47. The quantitative estimate of drug-likeness (QED) is 0.272. The highest BCUT2D eigenvalue weighted by Gasteiger charge is 2.41. The highest BCUT2D eigenvalue weighted by atomic mass is 32.1. The van der Waals surface area contributed by atoms with Crippen molar-refractivity contribution in [2.45, 2.75) is 72.8 Å². The Bertz CT molecular complexity index is 1570. The summed E-state index contributed by atoms with van der Waals surface area (Å²) < 4.78 is 13.3. The Morgan fingerprint density at radius 3 is 2.51 bits per heavy atom. The van der Waals surface area contributed by atoms with E-state index >= 15 is 0 Å². The summed E-state index contributed by atoms with van der Waals surface area (Å²) in [5.41, 5.74) is 4.55. The molecular formula is C34H44N4O4S. The number of allylic oxidation sites excluding steroid dienone is 3. The van der Waals surface area contributed by atoms with Gasteiger partial charge in [0, 0.05) is 59.8 Å². The van der Waals surface area contributed by atoms with Crippen molar-refractivity contribution in [1.82, 2.24) is 19.6 Å². The number of fused-ring (bicyclic) bond motifs is 2. The van der Waals surface area contributed by atoms with Crippen LogP contribution in [0.4, 0.5) is 0 Å². The third-order valence-corrected chi connectivity index (χ3v) is 10.3. The number of benzene rings is 1. The van der Waals surface area contributed by atoms with E-state index in [1.807, 2.05) is 59.7 Å². The summed E-state index contributed by atoms with van der Waals surface area (Å²) in [4.78, 5) is 33.5. The van der Waals surface area contributed by atoms with Gasteiger partial charge in [-0.05, 0) is 50.8 Å². The molecule has 43 heavy (non-hydrogen) atoms. The van der Waals surface area contributed by atoms with Gasteiger partial charge in [0.05, 0.1) is 31.3 Å². The molecule has 1 fully saturated rings. The van der Waals surface area contributed by atoms with Crippen molar-refractivity contribution in [3.05, 3.63) is 63.3 Å². The molecular weight excluding hydrogens is 560 g/mol. The van der Waals surface area contributed by atoms with Crippen molar-refractivity contribution in [3.8, 4) is 11.5 Å². The number of nitrogens with zero attached hydrogens (tertiary/aromatic N) is 4. The van der Waals surface area contributed by atoms with Crippen LogP contribution >= 0.6 is 11.3 Å². The minimum Gasteiger partial charge on any atom is -0.497 e. The monoisotopic (exact) mass is 604 g/mol. The van der Waals surface area contributed by atoms with Gasteiger partial charge in [-0.15, -0.1) is 11.3 Å². The lowest BCUT2D eigenvalue weighted by Crippen LogP contribution is -2.46. The van der Waals surface area contributed by atoms with Gasteiger partial charge in [0.2, 0.25) is 0 Å². The van der Waals surface area contributed by atoms with Crippen molar-refractivity contribution >= 4 is 33.4 Å². The lowest BCUT2D eigenvalue weighted by molar-refractivity contribution is -0.127. The molecule has 4 heterocycles. The molecule has 0 saturated carbocycles. The molecule has 8 nitrogen and oxygen atoms in total. The van der Waals surface area contributed by atoms with Gasteiger partial charge in [-0.1, -0.05) is 39.3 Å². The van der Waals surface area contributed by atoms with E-state index in [1.165, 1.54) is 11.3 Å². The molecule has 2 aromatic heterocycles. The summed E-state index contributed by atoms with van der Waals surface area (Å²) in [6.07, 6.45) is 7.68. The van der Waals surface area contributed by atoms with Crippen molar-refractivity contribution in [2.75, 3.05) is 27.3 Å². The Kier molecular flexibility index (Phi) is 8.75. The molecule has 1 atom stereocenters. The molecule has 0 aliphatic carbocycles. The van der Waals surface area contributed by atoms with Crippen LogP contribution in [0.3, 0.4) is 0 Å². The van der Waals surface area contributed by atoms with Crippen LogP contribution in [0.25, 0.3) is 10.2 Å². The number of aromatic nitrogens is 2. The van der Waals surface area contributed by atoms with Crippen molar-refractivity contribution in [3.63, 3.8) is 0 Å². The fraction of sp³-hybridized carbons (Fsp3) is 0.500. The summed E-state index contributed by atoms with van der Waals surface area (Å²) in [5.74, 6) is 1.60. The van der Waals surface area contributed by atoms with Gasteiger partial charge in [0.25, 0.3) is 11.8 Å². The smallest absolute Gasteiger partial charge is 0.264 e. The molecule has 2 aliphatic heterocycles. The van der Waals surface area contributed by atoms with Gasteiger partial charge in [0.15, 0.2) is 0 Å². The van der Waals surface area contributed by atoms with E-state index in [2.05, 4.69) is 31.9 Å². The third kappa shape index (κ3) is 5.71. The van der Waals surface area contributed by atoms with E-state index in [9.17, 15) is 9.59 Å². The second-order valence-corrected chi connectivity index (χ2v) is 13.2. The molecule has 2 amide bonds. The topological polar surface area (TPSA) is 76.9 Å². The second-order valence-electron chi connectivity index (χ2n) is 12.2. The Morgan fingerprint density at radius 1 is 1.16 bits per heavy atom. The van der Waals surface area contributed by atoms with E-state index in [4.69, 9.17) is 9.47 Å². The SMILES string of the molecule is CCCC=C(C)C(=O)N1Cc2cc(OC)cc(OC)c2C(C)C=C1C1(C)CCN(C(=O)c2cc3c(C)nn(C)c3s2)CC1. The molecule has 0 radical (unpaired) electrons. The number of hydrogen-bond acceptors (Lipinski definition) is 6. The van der Waals surface area contributed by atoms with E-state index in [-0.39, 0.29) is 23.1 Å². The zero-order valence-electron chi connectivity index (χ0n) is 26.7. The van der Waals surface area contributed by atoms with E-state index in [1.54, 1.807) is 14.2 Å². The number of carbonyl (C=O) groups is 2. The number of ether oxygens (including phenoxy) is 2. The maximum Gasteiger partial charge on any atom is 0.264 e. The Hall–Kier alpha value is -3.59. The molecule has 2 aliphatic rings. The molecule has 1 unspecified atom stereocenters. The molecule has 0 spiro atoms. The third-order valence-electron chi connectivity index (χ3n) is 9.14. The van der Waals surface area contributed by atoms with Crippen molar-refractivity contribution in [2.24, 2.45) is 12.5 Å². The van der Waals surface area contributed by atoms with E-state index in [0.717, 1.165) is 74.6 Å². The molecule has 0 N–H and O–H groups in total. The zero-order valence-corrected chi connectivity index (χ0v) is 27.6. The normalized spacial score (nSPS) is 18.7. The molecule has 1 saturated heterocycles. The number of hydrogen-bond donors (Lipinski definition) is 0. The molecule has 0 bridgehead atoms. The van der Waals surface area contributed by atoms with Crippen LogP contribution < -0.4 is 9.47 Å². The predicted octanol–water partition coefficient (Wildman–Crippen LogP) is 6.98. The van der Waals surface area contributed by atoms with Crippen molar-refractivity contribution < 1.29 is 19.1 Å². The highest BCUT2D eigenvalue weighted by molar-refractivity contribution is 7.20. The molecule has 3 aromatic rings. The number of aryl methyl sites for hydroxylation is 2. The fourth-order valence-electron chi connectivity index (χ4n) is 6.55. The lowest BCUT2D eigenvalue weighted by atomic mass is 9.75. The summed E-state index contributed by atoms with van der Waals surface area (Å²) >= 11 is 1.51. The number of amides is 2. The second kappa shape index (κ2) is 12.2. The molecule has 9 heteroatoms. The number of likely N-dealkylation sites (tertiary alicyclic amines) is 1. The highest BCUT2D eigenvalue weighted by Crippen LogP contribution is 2.47. The number of thiophene rings is 1. The number of carbonyl (C=O) groups excluding carboxylic acids is 2. The first-order valence-corrected chi connectivity index (χ1v) is 16.0. The first-order chi connectivity index (χ1) is 20.5. The predicted molar refractivity (Wildman–Crippen MR) is 172 cm³/mol. The minimum atomic E-state index is -0.286. The number of unbranched alkanes of at least 4 members (excludes halogenated alkanes) is 1. The van der Waals surface area contributed by atoms with Crippen LogP contribution in [0.5, 0.6) is 11.5 Å². The summed E-state index contributed by atoms with van der Waals surface area (Å²) in [6.45, 7) is 12.1. The van der Waals surface area contributed by atoms with Gasteiger partial charge in [-0.2, -0.15) is 5.10 Å². The summed E-state index contributed by atoms with van der Waals surface area (Å²) in [7, 11) is 5.25. The van der Waals surface area contributed by atoms with Gasteiger partial charge in [-0.25, -0.2) is 0 Å². The summed E-state index contributed by atoms with van der Waals surface area (Å²) in [6, 6.07) is 5.94. The molecule has 1 aromatic carbocycles. The first kappa shape index (κ1) is 30.9. The van der Waals surface area contributed by atoms with Crippen LogP contribution in [-0.2, 0) is 18.4 Å². The molecule has 230 valence electrons. The fourth-order valence-corrected chi connectivity index (χ4v) is 7.64. The van der Waals surface area contributed by atoms with E-state index in [0.29, 0.717) is 25.4 Å². The van der Waals surface area contributed by atoms with Gasteiger partial charge < -0.3 is 19.3 Å². The average Bonchev–Trinajstić information content (AvgIpc) is 3.51. The van der Waals surface area contributed by atoms with Gasteiger partial charge >= 0.3 is 0 Å². The van der Waals surface area contributed by atoms with Crippen LogP contribution in [0.1, 0.15) is 85.8 Å². The van der Waals surface area contributed by atoms with Crippen LogP contribution in [0, 0.1) is 12.3 Å². The van der Waals surface area contributed by atoms with Crippen LogP contribution in [-0.4, -0.2) is 58.7 Å². The average molecular weight is 605 g/mol. The number of piperidine rings is 1. The van der Waals surface area contributed by atoms with Gasteiger partial charge in [0.1, 0.15) is 16.3 Å².